The van der Waals surface area contributed by atoms with Crippen molar-refractivity contribution >= 4 is 5.91 Å². The van der Waals surface area contributed by atoms with Gasteiger partial charge in [0.2, 0.25) is 5.91 Å². The molecule has 4 nitrogen and oxygen atoms in total. The fourth-order valence-electron chi connectivity index (χ4n) is 3.27. The van der Waals surface area contributed by atoms with Gasteiger partial charge in [-0.1, -0.05) is 60.7 Å². The predicted octanol–water partition coefficient (Wildman–Crippen LogP) is 1.97. The van der Waals surface area contributed by atoms with Crippen molar-refractivity contribution in [3.8, 4) is 0 Å². The zero-order valence-electron chi connectivity index (χ0n) is 13.9. The van der Waals surface area contributed by atoms with Crippen LogP contribution in [0.3, 0.4) is 0 Å². The maximum atomic E-state index is 12.5. The fourth-order valence-corrected chi connectivity index (χ4v) is 3.27. The van der Waals surface area contributed by atoms with E-state index in [-0.39, 0.29) is 17.9 Å². The molecule has 0 bridgehead atoms. The molecule has 0 spiro atoms. The third-order valence-electron chi connectivity index (χ3n) is 4.73. The Morgan fingerprint density at radius 3 is 2.17 bits per heavy atom. The van der Waals surface area contributed by atoms with Crippen molar-refractivity contribution in [3.63, 3.8) is 0 Å². The first-order chi connectivity index (χ1) is 11.8. The Labute approximate surface area is 143 Å². The summed E-state index contributed by atoms with van der Waals surface area (Å²) in [4.78, 5) is 14.5. The number of nitrogens with zero attached hydrogens (tertiary/aromatic N) is 1. The Kier molecular flexibility index (Phi) is 5.62. The van der Waals surface area contributed by atoms with Crippen LogP contribution >= 0.6 is 0 Å². The van der Waals surface area contributed by atoms with Crippen LogP contribution in [0.15, 0.2) is 60.7 Å². The summed E-state index contributed by atoms with van der Waals surface area (Å²) in [7, 11) is 0. The van der Waals surface area contributed by atoms with Gasteiger partial charge in [0.05, 0.1) is 6.54 Å². The average molecular weight is 323 g/mol. The van der Waals surface area contributed by atoms with E-state index in [1.165, 1.54) is 11.1 Å². The number of hydrogen-bond donors (Lipinski definition) is 2. The van der Waals surface area contributed by atoms with Gasteiger partial charge in [0.1, 0.15) is 0 Å². The van der Waals surface area contributed by atoms with Crippen LogP contribution in [-0.2, 0) is 4.79 Å². The van der Waals surface area contributed by atoms with Gasteiger partial charge in [-0.25, -0.2) is 0 Å². The lowest BCUT2D eigenvalue weighted by Gasteiger charge is -2.27. The number of hydrogen-bond acceptors (Lipinski definition) is 3. The molecule has 1 heterocycles. The number of carbonyl (C=O) groups is 1. The highest BCUT2D eigenvalue weighted by atomic mass is 16.2. The smallest absolute Gasteiger partial charge is 0.236 e. The van der Waals surface area contributed by atoms with E-state index >= 15 is 0 Å². The Balaban J connectivity index is 1.83. The standard InChI is InChI=1S/C20H25N3O/c21-13-18-11-12-23(20(24)14-22-18)15-19(16-7-3-1-4-8-16)17-9-5-2-6-10-17/h1-10,18-19,22H,11-15,21H2. The molecule has 1 fully saturated rings. The van der Waals surface area contributed by atoms with Crippen molar-refractivity contribution in [1.82, 2.24) is 10.2 Å². The number of rotatable bonds is 5. The van der Waals surface area contributed by atoms with Crippen LogP contribution in [-0.4, -0.2) is 43.0 Å². The Bertz CT molecular complexity index is 605. The fraction of sp³-hybridized carbons (Fsp3) is 0.350. The molecule has 1 amide bonds. The molecule has 1 aliphatic heterocycles. The molecule has 1 aliphatic rings. The second-order valence-electron chi connectivity index (χ2n) is 6.32. The topological polar surface area (TPSA) is 58.4 Å². The van der Waals surface area contributed by atoms with Gasteiger partial charge in [0.15, 0.2) is 0 Å². The van der Waals surface area contributed by atoms with Crippen LogP contribution in [0.1, 0.15) is 23.5 Å². The van der Waals surface area contributed by atoms with E-state index in [2.05, 4.69) is 53.8 Å². The average Bonchev–Trinajstić information content (AvgIpc) is 2.82. The highest BCUT2D eigenvalue weighted by molar-refractivity contribution is 5.78. The molecule has 24 heavy (non-hydrogen) atoms. The van der Waals surface area contributed by atoms with Crippen molar-refractivity contribution in [2.75, 3.05) is 26.2 Å². The van der Waals surface area contributed by atoms with Gasteiger partial charge in [0.25, 0.3) is 0 Å². The summed E-state index contributed by atoms with van der Waals surface area (Å²) < 4.78 is 0. The van der Waals surface area contributed by atoms with Crippen LogP contribution < -0.4 is 11.1 Å². The minimum atomic E-state index is 0.155. The number of nitrogens with two attached hydrogens (primary N) is 1. The quantitative estimate of drug-likeness (QED) is 0.884. The van der Waals surface area contributed by atoms with E-state index in [4.69, 9.17) is 5.73 Å². The van der Waals surface area contributed by atoms with Crippen LogP contribution in [0, 0.1) is 0 Å². The molecule has 1 saturated heterocycles. The maximum absolute atomic E-state index is 12.5. The van der Waals surface area contributed by atoms with E-state index in [1.807, 2.05) is 17.0 Å². The van der Waals surface area contributed by atoms with E-state index in [9.17, 15) is 4.79 Å². The third-order valence-corrected chi connectivity index (χ3v) is 4.73. The molecule has 0 radical (unpaired) electrons. The van der Waals surface area contributed by atoms with Crippen LogP contribution in [0.5, 0.6) is 0 Å². The number of carbonyl (C=O) groups excluding carboxylic acids is 1. The first-order valence-electron chi connectivity index (χ1n) is 8.59. The van der Waals surface area contributed by atoms with Crippen LogP contribution in [0.25, 0.3) is 0 Å². The Hall–Kier alpha value is -2.17. The number of benzene rings is 2. The summed E-state index contributed by atoms with van der Waals surface area (Å²) in [5.41, 5.74) is 8.23. The summed E-state index contributed by atoms with van der Waals surface area (Å²) in [6.45, 7) is 2.40. The number of nitrogens with one attached hydrogen (secondary N) is 1. The van der Waals surface area contributed by atoms with Crippen molar-refractivity contribution in [2.45, 2.75) is 18.4 Å². The van der Waals surface area contributed by atoms with Gasteiger partial charge in [-0.3, -0.25) is 4.79 Å². The number of amides is 1. The van der Waals surface area contributed by atoms with Gasteiger partial charge < -0.3 is 16.0 Å². The summed E-state index contributed by atoms with van der Waals surface area (Å²) >= 11 is 0. The molecule has 1 atom stereocenters. The first-order valence-corrected chi connectivity index (χ1v) is 8.59. The minimum absolute atomic E-state index is 0.155. The van der Waals surface area contributed by atoms with Crippen molar-refractivity contribution in [1.29, 1.82) is 0 Å². The van der Waals surface area contributed by atoms with E-state index in [0.717, 1.165) is 13.0 Å². The molecule has 2 aromatic carbocycles. The Morgan fingerprint density at radius 1 is 1.04 bits per heavy atom. The molecule has 1 unspecified atom stereocenters. The largest absolute Gasteiger partial charge is 0.341 e. The molecule has 0 aromatic heterocycles. The zero-order valence-corrected chi connectivity index (χ0v) is 13.9. The monoisotopic (exact) mass is 323 g/mol. The normalized spacial score (nSPS) is 18.7. The minimum Gasteiger partial charge on any atom is -0.341 e. The molecule has 0 saturated carbocycles. The van der Waals surface area contributed by atoms with E-state index < -0.39 is 0 Å². The predicted molar refractivity (Wildman–Crippen MR) is 96.8 cm³/mol. The molecular formula is C20H25N3O. The lowest BCUT2D eigenvalue weighted by Crippen LogP contribution is -2.39. The van der Waals surface area contributed by atoms with Crippen molar-refractivity contribution < 1.29 is 4.79 Å². The summed E-state index contributed by atoms with van der Waals surface area (Å²) in [6, 6.07) is 21.1. The van der Waals surface area contributed by atoms with Gasteiger partial charge >= 0.3 is 0 Å². The van der Waals surface area contributed by atoms with Gasteiger partial charge in [-0.05, 0) is 17.5 Å². The summed E-state index contributed by atoms with van der Waals surface area (Å²) in [5, 5.41) is 3.25. The Morgan fingerprint density at radius 2 is 1.62 bits per heavy atom. The molecule has 126 valence electrons. The second-order valence-corrected chi connectivity index (χ2v) is 6.32. The van der Waals surface area contributed by atoms with E-state index in [1.54, 1.807) is 0 Å². The maximum Gasteiger partial charge on any atom is 0.236 e. The lowest BCUT2D eigenvalue weighted by atomic mass is 9.90. The van der Waals surface area contributed by atoms with Crippen LogP contribution in [0.2, 0.25) is 0 Å². The molecule has 3 rings (SSSR count). The molecule has 4 heteroatoms. The second kappa shape index (κ2) is 8.08. The third kappa shape index (κ3) is 4.02. The molecule has 2 aromatic rings. The van der Waals surface area contributed by atoms with Crippen LogP contribution in [0.4, 0.5) is 0 Å². The molecule has 3 N–H and O–H groups in total. The molecule has 0 aliphatic carbocycles. The van der Waals surface area contributed by atoms with Gasteiger partial charge in [-0.2, -0.15) is 0 Å². The highest BCUT2D eigenvalue weighted by Crippen LogP contribution is 2.26. The SMILES string of the molecule is NCC1CCN(CC(c2ccccc2)c2ccccc2)C(=O)CN1. The van der Waals surface area contributed by atoms with E-state index in [0.29, 0.717) is 19.6 Å². The van der Waals surface area contributed by atoms with Crippen molar-refractivity contribution in [3.05, 3.63) is 71.8 Å². The summed E-state index contributed by atoms with van der Waals surface area (Å²) in [6.07, 6.45) is 0.901. The zero-order chi connectivity index (χ0) is 16.8. The van der Waals surface area contributed by atoms with Crippen molar-refractivity contribution in [2.24, 2.45) is 5.73 Å². The summed E-state index contributed by atoms with van der Waals surface area (Å²) in [5.74, 6) is 0.341. The van der Waals surface area contributed by atoms with Gasteiger partial charge in [0, 0.05) is 31.6 Å². The first kappa shape index (κ1) is 16.7. The van der Waals surface area contributed by atoms with Gasteiger partial charge in [-0.15, -0.1) is 0 Å². The molecular weight excluding hydrogens is 298 g/mol. The highest BCUT2D eigenvalue weighted by Gasteiger charge is 2.25. The lowest BCUT2D eigenvalue weighted by molar-refractivity contribution is -0.129.